The van der Waals surface area contributed by atoms with E-state index in [1.807, 2.05) is 13.0 Å². The van der Waals surface area contributed by atoms with Crippen molar-refractivity contribution in [3.05, 3.63) is 46.1 Å². The van der Waals surface area contributed by atoms with Crippen LogP contribution in [-0.4, -0.2) is 79.3 Å². The number of piperidine rings is 1. The summed E-state index contributed by atoms with van der Waals surface area (Å²) in [5.74, 6) is -1.27. The molecule has 2 heterocycles. The second-order valence-electron chi connectivity index (χ2n) is 9.69. The Morgan fingerprint density at radius 1 is 1.35 bits per heavy atom. The van der Waals surface area contributed by atoms with Gasteiger partial charge in [-0.25, -0.2) is 10.1 Å². The van der Waals surface area contributed by atoms with Crippen LogP contribution in [0.25, 0.3) is 10.9 Å². The van der Waals surface area contributed by atoms with E-state index < -0.39 is 34.2 Å². The fraction of sp³-hybridized carbons (Fsp3) is 0.520. The SMILES string of the molecule is COC(=O)CCC1CCN(C(=O)C(CCCN(C(=N)N)[N+](=O)[O-])N(c2cccc3cc(C)cnc23)S(=O)[O-])CC1. The molecule has 218 valence electrons. The van der Waals surface area contributed by atoms with Crippen molar-refractivity contribution in [2.45, 2.75) is 51.5 Å². The summed E-state index contributed by atoms with van der Waals surface area (Å²) in [6.07, 6.45) is 3.77. The third-order valence-corrected chi connectivity index (χ3v) is 7.80. The molecule has 2 atom stereocenters. The number of nitrogens with two attached hydrogens (primary N) is 1. The van der Waals surface area contributed by atoms with Gasteiger partial charge in [-0.3, -0.25) is 28.5 Å². The number of hydrogen-bond donors (Lipinski definition) is 2. The van der Waals surface area contributed by atoms with Gasteiger partial charge in [0.1, 0.15) is 6.04 Å². The van der Waals surface area contributed by atoms with Gasteiger partial charge in [0, 0.05) is 42.4 Å². The summed E-state index contributed by atoms with van der Waals surface area (Å²) >= 11 is -2.89. The molecule has 0 saturated carbocycles. The van der Waals surface area contributed by atoms with Gasteiger partial charge in [0.2, 0.25) is 5.91 Å². The van der Waals surface area contributed by atoms with E-state index in [0.29, 0.717) is 48.3 Å². The quantitative estimate of drug-likeness (QED) is 0.0938. The maximum absolute atomic E-state index is 13.9. The van der Waals surface area contributed by atoms with Crippen LogP contribution in [0.3, 0.4) is 0 Å². The van der Waals surface area contributed by atoms with Crippen LogP contribution >= 0.6 is 0 Å². The summed E-state index contributed by atoms with van der Waals surface area (Å²) in [5, 5.41) is 19.0. The van der Waals surface area contributed by atoms with Crippen LogP contribution in [0.2, 0.25) is 0 Å². The van der Waals surface area contributed by atoms with Gasteiger partial charge in [-0.1, -0.05) is 17.1 Å². The number of rotatable bonds is 12. The molecule has 3 N–H and O–H groups in total. The molecule has 1 aromatic carbocycles. The highest BCUT2D eigenvalue weighted by atomic mass is 32.2. The largest absolute Gasteiger partial charge is 0.755 e. The lowest BCUT2D eigenvalue weighted by atomic mass is 9.91. The molecule has 3 rings (SSSR count). The van der Waals surface area contributed by atoms with Crippen LogP contribution in [-0.2, 0) is 25.6 Å². The van der Waals surface area contributed by atoms with Crippen molar-refractivity contribution >= 4 is 45.7 Å². The van der Waals surface area contributed by atoms with E-state index in [4.69, 9.17) is 15.9 Å². The molecule has 0 bridgehead atoms. The van der Waals surface area contributed by atoms with Gasteiger partial charge in [-0.15, -0.1) is 0 Å². The van der Waals surface area contributed by atoms with Crippen LogP contribution in [0.15, 0.2) is 30.5 Å². The Bertz CT molecular complexity index is 1260. The normalized spacial score (nSPS) is 15.3. The zero-order valence-electron chi connectivity index (χ0n) is 22.5. The molecule has 14 nitrogen and oxygen atoms in total. The van der Waals surface area contributed by atoms with Gasteiger partial charge in [-0.05, 0) is 62.6 Å². The van der Waals surface area contributed by atoms with E-state index in [-0.39, 0.29) is 43.4 Å². The minimum Gasteiger partial charge on any atom is -0.755 e. The van der Waals surface area contributed by atoms with Crippen LogP contribution in [0.1, 0.15) is 44.1 Å². The average Bonchev–Trinajstić information content (AvgIpc) is 2.92. The lowest BCUT2D eigenvalue weighted by Gasteiger charge is -2.39. The first-order chi connectivity index (χ1) is 19.0. The highest BCUT2D eigenvalue weighted by molar-refractivity contribution is 7.80. The number of aromatic nitrogens is 1. The number of benzene rings is 1. The van der Waals surface area contributed by atoms with E-state index in [2.05, 4.69) is 4.98 Å². The Hall–Kier alpha value is -3.85. The summed E-state index contributed by atoms with van der Waals surface area (Å²) in [6.45, 7) is 2.33. The summed E-state index contributed by atoms with van der Waals surface area (Å²) in [7, 11) is 1.34. The van der Waals surface area contributed by atoms with E-state index >= 15 is 0 Å². The van der Waals surface area contributed by atoms with E-state index in [1.165, 1.54) is 7.11 Å². The Balaban J connectivity index is 1.89. The topological polar surface area (TPSA) is 199 Å². The highest BCUT2D eigenvalue weighted by Gasteiger charge is 2.34. The number of nitrogens with zero attached hydrogens (tertiary/aromatic N) is 5. The molecule has 1 aliphatic heterocycles. The number of fused-ring (bicyclic) bond motifs is 1. The number of guanidine groups is 1. The average molecular weight is 577 g/mol. The molecule has 1 aliphatic rings. The molecule has 1 fully saturated rings. The number of amides is 1. The first-order valence-corrected chi connectivity index (χ1v) is 13.9. The van der Waals surface area contributed by atoms with Crippen molar-refractivity contribution in [3.8, 4) is 0 Å². The Kier molecular flexibility index (Phi) is 10.7. The number of likely N-dealkylation sites (tertiary alicyclic amines) is 1. The highest BCUT2D eigenvalue weighted by Crippen LogP contribution is 2.31. The monoisotopic (exact) mass is 576 g/mol. The number of ether oxygens (including phenoxy) is 1. The zero-order chi connectivity index (χ0) is 29.4. The van der Waals surface area contributed by atoms with E-state index in [0.717, 1.165) is 9.87 Å². The third kappa shape index (κ3) is 7.63. The number of esters is 1. The van der Waals surface area contributed by atoms with Gasteiger partial charge >= 0.3 is 5.97 Å². The standard InChI is InChI=1S/C25H35N7O7S/c1-17-15-19-5-3-6-20(23(19)28-16-17)31(40(37)38)21(7-4-12-30(25(26)27)32(35)36)24(34)29-13-10-18(11-14-29)8-9-22(33)39-2/h3,5-6,15-16,18,21H,4,7-14H2,1-2H3,(H3,26,27)(H,37,38)/p-1. The van der Waals surface area contributed by atoms with Crippen molar-refractivity contribution in [2.75, 3.05) is 31.0 Å². The molecule has 0 aliphatic carbocycles. The lowest BCUT2D eigenvalue weighted by molar-refractivity contribution is -0.629. The molecule has 2 aromatic rings. The number of nitrogens with one attached hydrogen (secondary N) is 1. The number of hydrazine groups is 1. The number of anilines is 1. The number of carbonyl (C=O) groups is 2. The summed E-state index contributed by atoms with van der Waals surface area (Å²) in [5.41, 5.74) is 6.81. The Morgan fingerprint density at radius 2 is 2.05 bits per heavy atom. The molecule has 1 amide bonds. The number of hydrogen-bond acceptors (Lipinski definition) is 9. The Morgan fingerprint density at radius 3 is 2.65 bits per heavy atom. The van der Waals surface area contributed by atoms with Crippen molar-refractivity contribution < 1.29 is 28.1 Å². The maximum Gasteiger partial charge on any atom is 0.305 e. The minimum absolute atomic E-state index is 0.0115. The van der Waals surface area contributed by atoms with Crippen LogP contribution in [0.4, 0.5) is 5.69 Å². The molecule has 40 heavy (non-hydrogen) atoms. The van der Waals surface area contributed by atoms with Crippen molar-refractivity contribution in [3.63, 3.8) is 0 Å². The molecular formula is C25H34N7O7S-. The van der Waals surface area contributed by atoms with Gasteiger partial charge < -0.3 is 19.9 Å². The fourth-order valence-corrected chi connectivity index (χ4v) is 5.64. The third-order valence-electron chi connectivity index (χ3n) is 7.03. The summed E-state index contributed by atoms with van der Waals surface area (Å²) in [4.78, 5) is 42.7. The first-order valence-electron chi connectivity index (χ1n) is 12.9. The van der Waals surface area contributed by atoms with Crippen molar-refractivity contribution in [1.29, 1.82) is 5.41 Å². The predicted molar refractivity (Wildman–Crippen MR) is 147 cm³/mol. The first kappa shape index (κ1) is 30.7. The number of para-hydroxylation sites is 1. The molecule has 0 spiro atoms. The minimum atomic E-state index is -2.89. The molecular weight excluding hydrogens is 542 g/mol. The second-order valence-corrected chi connectivity index (χ2v) is 10.5. The lowest BCUT2D eigenvalue weighted by Crippen LogP contribution is -2.52. The predicted octanol–water partition coefficient (Wildman–Crippen LogP) is 1.87. The van der Waals surface area contributed by atoms with E-state index in [1.54, 1.807) is 29.3 Å². The van der Waals surface area contributed by atoms with Crippen molar-refractivity contribution in [2.24, 2.45) is 11.7 Å². The van der Waals surface area contributed by atoms with E-state index in [9.17, 15) is 28.5 Å². The smallest absolute Gasteiger partial charge is 0.305 e. The molecule has 15 heteroatoms. The van der Waals surface area contributed by atoms with Crippen LogP contribution < -0.4 is 10.0 Å². The maximum atomic E-state index is 13.9. The molecule has 2 unspecified atom stereocenters. The summed E-state index contributed by atoms with van der Waals surface area (Å²) < 4.78 is 31.1. The second kappa shape index (κ2) is 14.0. The zero-order valence-corrected chi connectivity index (χ0v) is 23.3. The number of nitro groups is 1. The van der Waals surface area contributed by atoms with Crippen molar-refractivity contribution in [1.82, 2.24) is 14.9 Å². The number of methoxy groups -OCH3 is 1. The van der Waals surface area contributed by atoms with Gasteiger partial charge in [0.05, 0.1) is 24.9 Å². The molecule has 0 radical (unpaired) electrons. The van der Waals surface area contributed by atoms with Gasteiger partial charge in [0.15, 0.2) is 5.03 Å². The molecule has 1 aromatic heterocycles. The van der Waals surface area contributed by atoms with Crippen LogP contribution in [0.5, 0.6) is 0 Å². The molecule has 1 saturated heterocycles. The van der Waals surface area contributed by atoms with Crippen LogP contribution in [0, 0.1) is 28.4 Å². The fourth-order valence-electron chi connectivity index (χ4n) is 4.93. The number of pyridine rings is 1. The number of carbonyl (C=O) groups excluding carboxylic acids is 2. The summed E-state index contributed by atoms with van der Waals surface area (Å²) in [6, 6.07) is 5.69. The number of aryl methyl sites for hydroxylation is 1. The van der Waals surface area contributed by atoms with Gasteiger partial charge in [-0.2, -0.15) is 0 Å². The Labute approximate surface area is 234 Å². The van der Waals surface area contributed by atoms with Gasteiger partial charge in [0.25, 0.3) is 5.96 Å².